The van der Waals surface area contributed by atoms with Gasteiger partial charge in [0.15, 0.2) is 6.61 Å². The molecular weight excluding hydrogens is 344 g/mol. The lowest BCUT2D eigenvalue weighted by atomic mass is 10.2. The summed E-state index contributed by atoms with van der Waals surface area (Å²) in [5, 5.41) is 2.35. The number of benzene rings is 2. The van der Waals surface area contributed by atoms with Gasteiger partial charge in [0.1, 0.15) is 5.82 Å². The van der Waals surface area contributed by atoms with Gasteiger partial charge in [-0.25, -0.2) is 9.18 Å². The zero-order chi connectivity index (χ0) is 17.0. The van der Waals surface area contributed by atoms with Gasteiger partial charge in [-0.3, -0.25) is 4.79 Å². The van der Waals surface area contributed by atoms with Crippen molar-refractivity contribution in [3.05, 3.63) is 63.4 Å². The van der Waals surface area contributed by atoms with Crippen molar-refractivity contribution in [2.45, 2.75) is 6.92 Å². The van der Waals surface area contributed by atoms with Gasteiger partial charge in [0, 0.05) is 5.69 Å². The maximum absolute atomic E-state index is 13.4. The number of ether oxygens (including phenoxy) is 1. The molecule has 0 unspecified atom stereocenters. The highest BCUT2D eigenvalue weighted by Gasteiger charge is 2.17. The smallest absolute Gasteiger partial charge is 0.340 e. The van der Waals surface area contributed by atoms with Gasteiger partial charge in [-0.15, -0.1) is 0 Å². The van der Waals surface area contributed by atoms with E-state index in [1.54, 1.807) is 12.1 Å². The molecule has 0 saturated carbocycles. The van der Waals surface area contributed by atoms with Crippen molar-refractivity contribution in [3.8, 4) is 0 Å². The fourth-order valence-corrected chi connectivity index (χ4v) is 2.25. The molecule has 0 radical (unpaired) electrons. The zero-order valence-corrected chi connectivity index (χ0v) is 13.5. The molecule has 0 aliphatic rings. The summed E-state index contributed by atoms with van der Waals surface area (Å²) in [7, 11) is 0. The highest BCUT2D eigenvalue weighted by molar-refractivity contribution is 6.36. The standard InChI is InChI=1S/C16H12Cl2FNO3/c1-9-4-2-3-5-14(9)20-15(21)8-23-16(22)10-6-13(19)12(18)7-11(10)17/h2-7H,8H2,1H3,(H,20,21). The minimum Gasteiger partial charge on any atom is -0.452 e. The molecule has 23 heavy (non-hydrogen) atoms. The summed E-state index contributed by atoms with van der Waals surface area (Å²) in [6.07, 6.45) is 0. The Balaban J connectivity index is 1.98. The van der Waals surface area contributed by atoms with Crippen molar-refractivity contribution in [3.63, 3.8) is 0 Å². The summed E-state index contributed by atoms with van der Waals surface area (Å²) in [4.78, 5) is 23.6. The molecule has 1 amide bonds. The highest BCUT2D eigenvalue weighted by atomic mass is 35.5. The summed E-state index contributed by atoms with van der Waals surface area (Å²) < 4.78 is 18.2. The predicted octanol–water partition coefficient (Wildman–Crippen LogP) is 4.24. The molecule has 0 aromatic heterocycles. The van der Waals surface area contributed by atoms with Gasteiger partial charge in [-0.1, -0.05) is 41.4 Å². The van der Waals surface area contributed by atoms with Crippen molar-refractivity contribution < 1.29 is 18.7 Å². The summed E-state index contributed by atoms with van der Waals surface area (Å²) in [6.45, 7) is 1.31. The highest BCUT2D eigenvalue weighted by Crippen LogP contribution is 2.24. The van der Waals surface area contributed by atoms with Gasteiger partial charge in [-0.05, 0) is 30.7 Å². The maximum Gasteiger partial charge on any atom is 0.340 e. The number of halogens is 3. The van der Waals surface area contributed by atoms with Gasteiger partial charge in [0.25, 0.3) is 5.91 Å². The number of rotatable bonds is 4. The number of nitrogens with one attached hydrogen (secondary N) is 1. The number of hydrogen-bond donors (Lipinski definition) is 1. The normalized spacial score (nSPS) is 10.3. The van der Waals surface area contributed by atoms with Gasteiger partial charge >= 0.3 is 5.97 Å². The molecule has 0 heterocycles. The SMILES string of the molecule is Cc1ccccc1NC(=O)COC(=O)c1cc(F)c(Cl)cc1Cl. The van der Waals surface area contributed by atoms with Crippen LogP contribution in [0, 0.1) is 12.7 Å². The van der Waals surface area contributed by atoms with Crippen molar-refractivity contribution in [1.29, 1.82) is 0 Å². The Kier molecular flexibility index (Phi) is 5.58. The summed E-state index contributed by atoms with van der Waals surface area (Å²) in [5.74, 6) is -2.23. The lowest BCUT2D eigenvalue weighted by molar-refractivity contribution is -0.119. The molecular formula is C16H12Cl2FNO3. The monoisotopic (exact) mass is 355 g/mol. The van der Waals surface area contributed by atoms with E-state index in [9.17, 15) is 14.0 Å². The molecule has 2 rings (SSSR count). The Hall–Kier alpha value is -2.11. The number of esters is 1. The van der Waals surface area contributed by atoms with Crippen molar-refractivity contribution in [2.24, 2.45) is 0 Å². The largest absolute Gasteiger partial charge is 0.452 e. The Bertz CT molecular complexity index is 765. The number of carbonyl (C=O) groups excluding carboxylic acids is 2. The number of carbonyl (C=O) groups is 2. The minimum atomic E-state index is -0.912. The van der Waals surface area contributed by atoms with E-state index in [1.807, 2.05) is 19.1 Å². The number of para-hydroxylation sites is 1. The Labute approximate surface area is 142 Å². The first-order chi connectivity index (χ1) is 10.9. The predicted molar refractivity (Wildman–Crippen MR) is 86.5 cm³/mol. The van der Waals surface area contributed by atoms with Gasteiger partial charge in [0.2, 0.25) is 0 Å². The Morgan fingerprint density at radius 2 is 1.87 bits per heavy atom. The maximum atomic E-state index is 13.4. The molecule has 0 atom stereocenters. The molecule has 4 nitrogen and oxygen atoms in total. The van der Waals surface area contributed by atoms with E-state index in [-0.39, 0.29) is 15.6 Å². The molecule has 7 heteroatoms. The molecule has 120 valence electrons. The Morgan fingerprint density at radius 3 is 2.57 bits per heavy atom. The number of anilines is 1. The van der Waals surface area contributed by atoms with E-state index in [1.165, 1.54) is 0 Å². The topological polar surface area (TPSA) is 55.4 Å². The molecule has 2 aromatic carbocycles. The van der Waals surface area contributed by atoms with E-state index >= 15 is 0 Å². The second-order valence-corrected chi connectivity index (χ2v) is 5.50. The Morgan fingerprint density at radius 1 is 1.17 bits per heavy atom. The lowest BCUT2D eigenvalue weighted by Gasteiger charge is -2.09. The van der Waals surface area contributed by atoms with E-state index < -0.39 is 24.3 Å². The fourth-order valence-electron chi connectivity index (χ4n) is 1.79. The third-order valence-corrected chi connectivity index (χ3v) is 3.59. The number of amides is 1. The van der Waals surface area contributed by atoms with Crippen LogP contribution in [0.4, 0.5) is 10.1 Å². The summed E-state index contributed by atoms with van der Waals surface area (Å²) in [6, 6.07) is 9.13. The van der Waals surface area contributed by atoms with Crippen LogP contribution in [0.3, 0.4) is 0 Å². The van der Waals surface area contributed by atoms with Gasteiger partial charge in [-0.2, -0.15) is 0 Å². The van der Waals surface area contributed by atoms with E-state index in [4.69, 9.17) is 27.9 Å². The van der Waals surface area contributed by atoms with Crippen LogP contribution in [0.5, 0.6) is 0 Å². The van der Waals surface area contributed by atoms with Crippen LogP contribution < -0.4 is 5.32 Å². The number of hydrogen-bond acceptors (Lipinski definition) is 3. The first-order valence-electron chi connectivity index (χ1n) is 6.55. The first-order valence-corrected chi connectivity index (χ1v) is 7.31. The van der Waals surface area contributed by atoms with Gasteiger partial charge in [0.05, 0.1) is 15.6 Å². The van der Waals surface area contributed by atoms with Crippen molar-refractivity contribution in [2.75, 3.05) is 11.9 Å². The van der Waals surface area contributed by atoms with Crippen LogP contribution in [0.15, 0.2) is 36.4 Å². The van der Waals surface area contributed by atoms with Crippen LogP contribution in [0.1, 0.15) is 15.9 Å². The fraction of sp³-hybridized carbons (Fsp3) is 0.125. The molecule has 2 aromatic rings. The molecule has 0 fully saturated rings. The molecule has 1 N–H and O–H groups in total. The van der Waals surface area contributed by atoms with E-state index in [0.717, 1.165) is 17.7 Å². The molecule has 0 aliphatic carbocycles. The molecule has 0 spiro atoms. The summed E-state index contributed by atoms with van der Waals surface area (Å²) >= 11 is 11.4. The van der Waals surface area contributed by atoms with Crippen molar-refractivity contribution in [1.82, 2.24) is 0 Å². The van der Waals surface area contributed by atoms with Crippen LogP contribution in [0.25, 0.3) is 0 Å². The van der Waals surface area contributed by atoms with Crippen LogP contribution in [0.2, 0.25) is 10.0 Å². The average molecular weight is 356 g/mol. The van der Waals surface area contributed by atoms with E-state index in [2.05, 4.69) is 5.32 Å². The average Bonchev–Trinajstić information content (AvgIpc) is 2.51. The molecule has 0 aliphatic heterocycles. The van der Waals surface area contributed by atoms with Crippen LogP contribution >= 0.6 is 23.2 Å². The third-order valence-electron chi connectivity index (χ3n) is 2.98. The van der Waals surface area contributed by atoms with Crippen LogP contribution in [-0.4, -0.2) is 18.5 Å². The van der Waals surface area contributed by atoms with Gasteiger partial charge < -0.3 is 10.1 Å². The lowest BCUT2D eigenvalue weighted by Crippen LogP contribution is -2.21. The second-order valence-electron chi connectivity index (χ2n) is 4.69. The van der Waals surface area contributed by atoms with Crippen molar-refractivity contribution >= 4 is 40.8 Å². The minimum absolute atomic E-state index is 0.0549. The molecule has 0 saturated heterocycles. The molecule has 0 bridgehead atoms. The number of aryl methyl sites for hydroxylation is 1. The second kappa shape index (κ2) is 7.44. The van der Waals surface area contributed by atoms with E-state index in [0.29, 0.717) is 5.69 Å². The third kappa shape index (κ3) is 4.43. The summed E-state index contributed by atoms with van der Waals surface area (Å²) in [5.41, 5.74) is 1.29. The first kappa shape index (κ1) is 17.2. The van der Waals surface area contributed by atoms with Crippen LogP contribution in [-0.2, 0) is 9.53 Å². The zero-order valence-electron chi connectivity index (χ0n) is 12.0. The quantitative estimate of drug-likeness (QED) is 0.659.